The first-order chi connectivity index (χ1) is 9.58. The van der Waals surface area contributed by atoms with Crippen molar-refractivity contribution in [1.29, 1.82) is 0 Å². The molecule has 0 aliphatic carbocycles. The van der Waals surface area contributed by atoms with Gasteiger partial charge in [-0.1, -0.05) is 23.7 Å². The number of urea groups is 1. The molecule has 9 heteroatoms. The molecule has 20 heavy (non-hydrogen) atoms. The van der Waals surface area contributed by atoms with Gasteiger partial charge < -0.3 is 5.32 Å². The van der Waals surface area contributed by atoms with Gasteiger partial charge in [-0.15, -0.1) is 10.2 Å². The van der Waals surface area contributed by atoms with Crippen molar-refractivity contribution in [3.63, 3.8) is 0 Å². The van der Waals surface area contributed by atoms with Crippen molar-refractivity contribution < 1.29 is 9.59 Å². The minimum absolute atomic E-state index is 0.207. The van der Waals surface area contributed by atoms with Gasteiger partial charge in [0.25, 0.3) is 5.91 Å². The number of rotatable bonds is 3. The number of carbonyl (C=O) groups excluding carboxylic acids is 2. The molecular weight excluding hydrogens is 284 g/mol. The molecule has 0 spiro atoms. The topological polar surface area (TPSA) is 102 Å². The van der Waals surface area contributed by atoms with Gasteiger partial charge in [-0.3, -0.25) is 10.1 Å². The van der Waals surface area contributed by atoms with Gasteiger partial charge in [0, 0.05) is 17.6 Å². The number of imide groups is 1. The van der Waals surface area contributed by atoms with Crippen molar-refractivity contribution in [3.05, 3.63) is 29.3 Å². The molecule has 1 heterocycles. The van der Waals surface area contributed by atoms with E-state index in [2.05, 4.69) is 26.0 Å². The number of amides is 3. The molecule has 8 nitrogen and oxygen atoms in total. The van der Waals surface area contributed by atoms with Crippen molar-refractivity contribution in [2.75, 3.05) is 7.05 Å². The summed E-state index contributed by atoms with van der Waals surface area (Å²) in [4.78, 5) is 23.5. The molecule has 104 valence electrons. The molecule has 0 saturated carbocycles. The van der Waals surface area contributed by atoms with Crippen LogP contribution in [0.1, 0.15) is 0 Å². The average Bonchev–Trinajstić information content (AvgIpc) is 2.87. The van der Waals surface area contributed by atoms with E-state index in [4.69, 9.17) is 11.6 Å². The van der Waals surface area contributed by atoms with Gasteiger partial charge >= 0.3 is 6.03 Å². The first-order valence-electron chi connectivity index (χ1n) is 5.64. The molecule has 0 radical (unpaired) electrons. The third-order valence-corrected chi connectivity index (χ3v) is 2.54. The van der Waals surface area contributed by atoms with Crippen molar-refractivity contribution >= 4 is 23.5 Å². The van der Waals surface area contributed by atoms with E-state index < -0.39 is 11.9 Å². The van der Waals surface area contributed by atoms with E-state index in [1.165, 1.54) is 7.05 Å². The molecule has 0 aliphatic rings. The lowest BCUT2D eigenvalue weighted by molar-refractivity contribution is -0.121. The fourth-order valence-corrected chi connectivity index (χ4v) is 1.60. The minimum Gasteiger partial charge on any atom is -0.341 e. The standard InChI is InChI=1S/C11H11ClN6O2/c1-13-11(20)14-9(19)6-18-16-10(15-17-18)7-3-2-4-8(12)5-7/h2-5H,6H2,1H3,(H2,13,14,19,20). The van der Waals surface area contributed by atoms with E-state index >= 15 is 0 Å². The van der Waals surface area contributed by atoms with Crippen LogP contribution in [0.15, 0.2) is 24.3 Å². The van der Waals surface area contributed by atoms with Gasteiger partial charge in [0.1, 0.15) is 6.54 Å². The highest BCUT2D eigenvalue weighted by Gasteiger charge is 2.11. The lowest BCUT2D eigenvalue weighted by Gasteiger charge is -2.01. The zero-order valence-corrected chi connectivity index (χ0v) is 11.3. The van der Waals surface area contributed by atoms with E-state index in [0.717, 1.165) is 4.80 Å². The van der Waals surface area contributed by atoms with Gasteiger partial charge in [0.2, 0.25) is 5.82 Å². The molecule has 0 fully saturated rings. The van der Waals surface area contributed by atoms with Crippen LogP contribution in [0.25, 0.3) is 11.4 Å². The van der Waals surface area contributed by atoms with Gasteiger partial charge in [-0.2, -0.15) is 4.80 Å². The highest BCUT2D eigenvalue weighted by Crippen LogP contribution is 2.18. The Morgan fingerprint density at radius 2 is 2.20 bits per heavy atom. The van der Waals surface area contributed by atoms with Crippen LogP contribution in [0.5, 0.6) is 0 Å². The number of tetrazole rings is 1. The maximum atomic E-state index is 11.5. The molecule has 1 aromatic carbocycles. The minimum atomic E-state index is -0.592. The molecule has 2 N–H and O–H groups in total. The van der Waals surface area contributed by atoms with Gasteiger partial charge in [0.05, 0.1) is 0 Å². The zero-order chi connectivity index (χ0) is 14.5. The third kappa shape index (κ3) is 3.51. The predicted octanol–water partition coefficient (Wildman–Crippen LogP) is 0.449. The number of aromatic nitrogens is 4. The van der Waals surface area contributed by atoms with Crippen molar-refractivity contribution in [2.45, 2.75) is 6.54 Å². The number of halogens is 1. The molecule has 0 atom stereocenters. The smallest absolute Gasteiger partial charge is 0.321 e. The summed E-state index contributed by atoms with van der Waals surface area (Å²) >= 11 is 5.87. The summed E-state index contributed by atoms with van der Waals surface area (Å²) in [5.74, 6) is -0.195. The molecule has 3 amide bonds. The molecule has 0 aliphatic heterocycles. The number of carbonyl (C=O) groups is 2. The Kier molecular flexibility index (Phi) is 4.26. The van der Waals surface area contributed by atoms with E-state index in [1.807, 2.05) is 0 Å². The SMILES string of the molecule is CNC(=O)NC(=O)Cn1nnc(-c2cccc(Cl)c2)n1. The van der Waals surface area contributed by atoms with Crippen LogP contribution >= 0.6 is 11.6 Å². The third-order valence-electron chi connectivity index (χ3n) is 2.30. The van der Waals surface area contributed by atoms with Crippen LogP contribution in [-0.2, 0) is 11.3 Å². The average molecular weight is 295 g/mol. The first kappa shape index (κ1) is 13.9. The fourth-order valence-electron chi connectivity index (χ4n) is 1.41. The number of nitrogens with one attached hydrogen (secondary N) is 2. The normalized spacial score (nSPS) is 10.1. The number of benzene rings is 1. The Bertz CT molecular complexity index is 641. The van der Waals surface area contributed by atoms with E-state index in [0.29, 0.717) is 16.4 Å². The van der Waals surface area contributed by atoms with Crippen molar-refractivity contribution in [2.24, 2.45) is 0 Å². The van der Waals surface area contributed by atoms with Crippen molar-refractivity contribution in [1.82, 2.24) is 30.8 Å². The Morgan fingerprint density at radius 1 is 1.40 bits per heavy atom. The summed E-state index contributed by atoms with van der Waals surface area (Å²) in [6.45, 7) is -0.207. The molecule has 2 aromatic rings. The molecule has 0 unspecified atom stereocenters. The van der Waals surface area contributed by atoms with Crippen LogP contribution in [0.2, 0.25) is 5.02 Å². The predicted molar refractivity (Wildman–Crippen MR) is 70.9 cm³/mol. The maximum Gasteiger partial charge on any atom is 0.321 e. The monoisotopic (exact) mass is 294 g/mol. The zero-order valence-electron chi connectivity index (χ0n) is 10.5. The molecule has 0 saturated heterocycles. The van der Waals surface area contributed by atoms with Gasteiger partial charge in [-0.05, 0) is 17.3 Å². The molecule has 0 bridgehead atoms. The lowest BCUT2D eigenvalue weighted by atomic mass is 10.2. The highest BCUT2D eigenvalue weighted by atomic mass is 35.5. The van der Waals surface area contributed by atoms with Crippen LogP contribution < -0.4 is 10.6 Å². The van der Waals surface area contributed by atoms with Gasteiger partial charge in [-0.25, -0.2) is 4.79 Å². The number of hydrogen-bond donors (Lipinski definition) is 2. The molecule has 2 rings (SSSR count). The Labute approximate surface area is 119 Å². The summed E-state index contributed by atoms with van der Waals surface area (Å²) in [7, 11) is 1.41. The second-order valence-electron chi connectivity index (χ2n) is 3.78. The van der Waals surface area contributed by atoms with E-state index in [-0.39, 0.29) is 6.54 Å². The summed E-state index contributed by atoms with van der Waals surface area (Å²) in [6, 6.07) is 6.36. The largest absolute Gasteiger partial charge is 0.341 e. The second kappa shape index (κ2) is 6.11. The quantitative estimate of drug-likeness (QED) is 0.855. The van der Waals surface area contributed by atoms with Crippen molar-refractivity contribution in [3.8, 4) is 11.4 Å². The fraction of sp³-hybridized carbons (Fsp3) is 0.182. The second-order valence-corrected chi connectivity index (χ2v) is 4.22. The highest BCUT2D eigenvalue weighted by molar-refractivity contribution is 6.30. The summed E-state index contributed by atoms with van der Waals surface area (Å²) in [5, 5.41) is 16.5. The lowest BCUT2D eigenvalue weighted by Crippen LogP contribution is -2.39. The summed E-state index contributed by atoms with van der Waals surface area (Å²) in [5.41, 5.74) is 0.690. The Morgan fingerprint density at radius 3 is 2.90 bits per heavy atom. The molecular formula is C11H11ClN6O2. The number of nitrogens with zero attached hydrogens (tertiary/aromatic N) is 4. The van der Waals surface area contributed by atoms with Crippen LogP contribution in [0, 0.1) is 0 Å². The summed E-state index contributed by atoms with van der Waals surface area (Å²) < 4.78 is 0. The number of hydrogen-bond acceptors (Lipinski definition) is 5. The summed E-state index contributed by atoms with van der Waals surface area (Å²) in [6.07, 6.45) is 0. The molecule has 1 aromatic heterocycles. The Hall–Kier alpha value is -2.48. The van der Waals surface area contributed by atoms with E-state index in [1.54, 1.807) is 24.3 Å². The van der Waals surface area contributed by atoms with Crippen LogP contribution in [0.4, 0.5) is 4.79 Å². The van der Waals surface area contributed by atoms with Gasteiger partial charge in [0.15, 0.2) is 0 Å². The van der Waals surface area contributed by atoms with Crippen LogP contribution in [0.3, 0.4) is 0 Å². The van der Waals surface area contributed by atoms with E-state index in [9.17, 15) is 9.59 Å². The maximum absolute atomic E-state index is 11.5. The van der Waals surface area contributed by atoms with Crippen LogP contribution in [-0.4, -0.2) is 39.2 Å². The first-order valence-corrected chi connectivity index (χ1v) is 6.01. The Balaban J connectivity index is 2.06.